The predicted molar refractivity (Wildman–Crippen MR) is 44.9 cm³/mol. The lowest BCUT2D eigenvalue weighted by Gasteiger charge is -1.95. The smallest absolute Gasteiger partial charge is 0.151 e. The van der Waals surface area contributed by atoms with E-state index in [2.05, 4.69) is 10.2 Å². The molecule has 0 aromatic carbocycles. The molecule has 3 nitrogen and oxygen atoms in total. The summed E-state index contributed by atoms with van der Waals surface area (Å²) in [6, 6.07) is 3.45. The zero-order valence-electron chi connectivity index (χ0n) is 5.70. The number of hydrogen-bond donors (Lipinski definition) is 1. The maximum atomic E-state index is 8.49. The Labute approximate surface area is 73.8 Å². The molecule has 0 aliphatic rings. The van der Waals surface area contributed by atoms with Gasteiger partial charge in [0.15, 0.2) is 5.15 Å². The van der Waals surface area contributed by atoms with E-state index in [4.69, 9.17) is 16.7 Å². The number of aromatic nitrogens is 2. The molecule has 0 saturated carbocycles. The van der Waals surface area contributed by atoms with Crippen LogP contribution in [-0.2, 0) is 0 Å². The van der Waals surface area contributed by atoms with Gasteiger partial charge in [0.05, 0.1) is 6.61 Å². The van der Waals surface area contributed by atoms with Crippen LogP contribution in [0.5, 0.6) is 0 Å². The molecule has 0 radical (unpaired) electrons. The normalized spacial score (nSPS) is 10.0. The van der Waals surface area contributed by atoms with Gasteiger partial charge in [-0.15, -0.1) is 22.0 Å². The van der Waals surface area contributed by atoms with Crippen molar-refractivity contribution in [2.45, 2.75) is 5.03 Å². The summed E-state index contributed by atoms with van der Waals surface area (Å²) in [5.74, 6) is 0.635. The number of hydrogen-bond acceptors (Lipinski definition) is 4. The summed E-state index contributed by atoms with van der Waals surface area (Å²) in [6.45, 7) is 0.148. The van der Waals surface area contributed by atoms with Crippen LogP contribution in [0, 0.1) is 0 Å². The van der Waals surface area contributed by atoms with Gasteiger partial charge in [0, 0.05) is 5.75 Å². The highest BCUT2D eigenvalue weighted by Crippen LogP contribution is 2.14. The van der Waals surface area contributed by atoms with Crippen LogP contribution in [0.3, 0.4) is 0 Å². The maximum Gasteiger partial charge on any atom is 0.151 e. The molecule has 5 heteroatoms. The summed E-state index contributed by atoms with van der Waals surface area (Å²) in [5, 5.41) is 17.1. The summed E-state index contributed by atoms with van der Waals surface area (Å²) in [4.78, 5) is 0. The van der Waals surface area contributed by atoms with Crippen LogP contribution < -0.4 is 0 Å². The number of aliphatic hydroxyl groups is 1. The SMILES string of the molecule is OCCSc1ccc(Cl)nn1. The topological polar surface area (TPSA) is 46.0 Å². The van der Waals surface area contributed by atoms with Gasteiger partial charge in [-0.25, -0.2) is 0 Å². The molecular weight excluding hydrogens is 184 g/mol. The van der Waals surface area contributed by atoms with Gasteiger partial charge in [-0.2, -0.15) is 0 Å². The molecule has 0 atom stereocenters. The number of halogens is 1. The lowest BCUT2D eigenvalue weighted by molar-refractivity contribution is 0.322. The first-order valence-corrected chi connectivity index (χ1v) is 4.42. The second kappa shape index (κ2) is 4.54. The van der Waals surface area contributed by atoms with E-state index in [0.717, 1.165) is 5.03 Å². The van der Waals surface area contributed by atoms with Crippen LogP contribution in [-0.4, -0.2) is 27.7 Å². The molecule has 0 saturated heterocycles. The molecule has 0 amide bonds. The zero-order valence-corrected chi connectivity index (χ0v) is 7.27. The summed E-state index contributed by atoms with van der Waals surface area (Å²) in [7, 11) is 0. The number of thioether (sulfide) groups is 1. The van der Waals surface area contributed by atoms with Gasteiger partial charge in [0.1, 0.15) is 5.03 Å². The molecule has 1 aromatic rings. The van der Waals surface area contributed by atoms with E-state index >= 15 is 0 Å². The Morgan fingerprint density at radius 2 is 2.27 bits per heavy atom. The standard InChI is InChI=1S/C6H7ClN2OS/c7-5-1-2-6(9-8-5)11-4-3-10/h1-2,10H,3-4H2. The van der Waals surface area contributed by atoms with Crippen LogP contribution >= 0.6 is 23.4 Å². The first kappa shape index (κ1) is 8.77. The highest BCUT2D eigenvalue weighted by Gasteiger charge is 1.94. The largest absolute Gasteiger partial charge is 0.396 e. The first-order valence-electron chi connectivity index (χ1n) is 3.06. The second-order valence-corrected chi connectivity index (χ2v) is 3.27. The fourth-order valence-electron chi connectivity index (χ4n) is 0.531. The quantitative estimate of drug-likeness (QED) is 0.728. The number of nitrogens with zero attached hydrogens (tertiary/aromatic N) is 2. The van der Waals surface area contributed by atoms with Crippen molar-refractivity contribution in [2.24, 2.45) is 0 Å². The van der Waals surface area contributed by atoms with E-state index in [0.29, 0.717) is 10.9 Å². The molecule has 0 spiro atoms. The Bertz CT molecular complexity index is 216. The third-order valence-corrected chi connectivity index (χ3v) is 2.05. The van der Waals surface area contributed by atoms with Crippen molar-refractivity contribution in [2.75, 3.05) is 12.4 Å². The molecular formula is C6H7ClN2OS. The van der Waals surface area contributed by atoms with Crippen molar-refractivity contribution < 1.29 is 5.11 Å². The summed E-state index contributed by atoms with van der Waals surface area (Å²) < 4.78 is 0. The van der Waals surface area contributed by atoms with Crippen molar-refractivity contribution in [3.63, 3.8) is 0 Å². The predicted octanol–water partition coefficient (Wildman–Crippen LogP) is 1.21. The van der Waals surface area contributed by atoms with E-state index in [1.807, 2.05) is 0 Å². The Hall–Kier alpha value is -0.320. The summed E-state index contributed by atoms with van der Waals surface area (Å²) in [6.07, 6.45) is 0. The minimum atomic E-state index is 0.148. The van der Waals surface area contributed by atoms with Crippen LogP contribution in [0.4, 0.5) is 0 Å². The molecule has 0 fully saturated rings. The van der Waals surface area contributed by atoms with Crippen LogP contribution in [0.15, 0.2) is 17.2 Å². The average molecular weight is 191 g/mol. The minimum Gasteiger partial charge on any atom is -0.396 e. The number of rotatable bonds is 3. The third kappa shape index (κ3) is 3.05. The number of aliphatic hydroxyl groups excluding tert-OH is 1. The molecule has 0 aliphatic heterocycles. The van der Waals surface area contributed by atoms with Gasteiger partial charge in [0.2, 0.25) is 0 Å². The molecule has 0 bridgehead atoms. The van der Waals surface area contributed by atoms with E-state index in [1.165, 1.54) is 11.8 Å². The van der Waals surface area contributed by atoms with E-state index in [1.54, 1.807) is 12.1 Å². The molecule has 1 N–H and O–H groups in total. The molecule has 1 heterocycles. The first-order chi connectivity index (χ1) is 5.33. The van der Waals surface area contributed by atoms with Crippen molar-refractivity contribution >= 4 is 23.4 Å². The van der Waals surface area contributed by atoms with Crippen LogP contribution in [0.25, 0.3) is 0 Å². The fraction of sp³-hybridized carbons (Fsp3) is 0.333. The lowest BCUT2D eigenvalue weighted by Crippen LogP contribution is -1.89. The molecule has 0 unspecified atom stereocenters. The highest BCUT2D eigenvalue weighted by molar-refractivity contribution is 7.99. The Balaban J connectivity index is 2.52. The Morgan fingerprint density at radius 3 is 2.82 bits per heavy atom. The minimum absolute atomic E-state index is 0.148. The summed E-state index contributed by atoms with van der Waals surface area (Å²) >= 11 is 6.96. The van der Waals surface area contributed by atoms with Crippen LogP contribution in [0.1, 0.15) is 0 Å². The van der Waals surface area contributed by atoms with Gasteiger partial charge in [0.25, 0.3) is 0 Å². The Morgan fingerprint density at radius 1 is 1.45 bits per heavy atom. The maximum absolute atomic E-state index is 8.49. The van der Waals surface area contributed by atoms with Crippen molar-refractivity contribution in [1.82, 2.24) is 10.2 Å². The molecule has 1 rings (SSSR count). The fourth-order valence-corrected chi connectivity index (χ4v) is 1.20. The van der Waals surface area contributed by atoms with Gasteiger partial charge in [-0.3, -0.25) is 0 Å². The van der Waals surface area contributed by atoms with E-state index < -0.39 is 0 Å². The summed E-state index contributed by atoms with van der Waals surface area (Å²) in [5.41, 5.74) is 0. The molecule has 0 aliphatic carbocycles. The van der Waals surface area contributed by atoms with Crippen LogP contribution in [0.2, 0.25) is 5.15 Å². The van der Waals surface area contributed by atoms with E-state index in [-0.39, 0.29) is 6.61 Å². The van der Waals surface area contributed by atoms with Crippen molar-refractivity contribution in [3.8, 4) is 0 Å². The molecule has 60 valence electrons. The molecule has 11 heavy (non-hydrogen) atoms. The van der Waals surface area contributed by atoms with Gasteiger partial charge >= 0.3 is 0 Å². The monoisotopic (exact) mass is 190 g/mol. The Kier molecular flexibility index (Phi) is 3.62. The third-order valence-electron chi connectivity index (χ3n) is 0.949. The van der Waals surface area contributed by atoms with Crippen molar-refractivity contribution in [3.05, 3.63) is 17.3 Å². The average Bonchev–Trinajstić information content (AvgIpc) is 2.04. The van der Waals surface area contributed by atoms with Crippen molar-refractivity contribution in [1.29, 1.82) is 0 Å². The highest BCUT2D eigenvalue weighted by atomic mass is 35.5. The van der Waals surface area contributed by atoms with Gasteiger partial charge in [-0.1, -0.05) is 11.6 Å². The lowest BCUT2D eigenvalue weighted by atomic mass is 10.6. The van der Waals surface area contributed by atoms with Gasteiger partial charge in [-0.05, 0) is 12.1 Å². The zero-order chi connectivity index (χ0) is 8.10. The molecule has 1 aromatic heterocycles. The van der Waals surface area contributed by atoms with E-state index in [9.17, 15) is 0 Å². The van der Waals surface area contributed by atoms with Gasteiger partial charge < -0.3 is 5.11 Å². The second-order valence-electron chi connectivity index (χ2n) is 1.77.